The minimum Gasteiger partial charge on any atom is -0.336 e. The number of amides is 1. The first-order valence-corrected chi connectivity index (χ1v) is 7.17. The summed E-state index contributed by atoms with van der Waals surface area (Å²) in [6, 6.07) is 4.21. The molecule has 2 N–H and O–H groups in total. The second-order valence-corrected chi connectivity index (χ2v) is 5.28. The van der Waals surface area contributed by atoms with E-state index in [0.717, 1.165) is 32.2 Å². The number of hydrogen-bond acceptors (Lipinski definition) is 3. The maximum absolute atomic E-state index is 12.3. The van der Waals surface area contributed by atoms with Gasteiger partial charge in [0.05, 0.1) is 6.04 Å². The van der Waals surface area contributed by atoms with E-state index < -0.39 is 0 Å². The van der Waals surface area contributed by atoms with Gasteiger partial charge in [0, 0.05) is 31.4 Å². The number of pyridine rings is 1. The zero-order valence-electron chi connectivity index (χ0n) is 11.6. The molecule has 1 saturated heterocycles. The van der Waals surface area contributed by atoms with Crippen LogP contribution in [0, 0.1) is 0 Å². The minimum atomic E-state index is -0.00353. The van der Waals surface area contributed by atoms with Crippen molar-refractivity contribution in [1.29, 1.82) is 0 Å². The van der Waals surface area contributed by atoms with Crippen molar-refractivity contribution < 1.29 is 4.79 Å². The van der Waals surface area contributed by atoms with Gasteiger partial charge in [-0.15, -0.1) is 0 Å². The molecule has 0 spiro atoms. The summed E-state index contributed by atoms with van der Waals surface area (Å²) in [6.07, 6.45) is 8.11. The second-order valence-electron chi connectivity index (χ2n) is 5.28. The molecule has 1 amide bonds. The third kappa shape index (κ3) is 3.53. The van der Waals surface area contributed by atoms with Gasteiger partial charge in [0.15, 0.2) is 0 Å². The van der Waals surface area contributed by atoms with Crippen LogP contribution in [0.25, 0.3) is 0 Å². The Morgan fingerprint density at radius 2 is 2.26 bits per heavy atom. The lowest BCUT2D eigenvalue weighted by Gasteiger charge is -2.26. The fraction of sp³-hybridized carbons (Fsp3) is 0.600. The maximum Gasteiger partial charge on any atom is 0.224 e. The highest BCUT2D eigenvalue weighted by molar-refractivity contribution is 5.77. The summed E-state index contributed by atoms with van der Waals surface area (Å²) < 4.78 is 0. The summed E-state index contributed by atoms with van der Waals surface area (Å²) in [6.45, 7) is 2.95. The third-order valence-electron chi connectivity index (χ3n) is 3.76. The lowest BCUT2D eigenvalue weighted by molar-refractivity contribution is -0.132. The molecule has 1 aromatic heterocycles. The highest BCUT2D eigenvalue weighted by Gasteiger charge is 2.30. The van der Waals surface area contributed by atoms with Crippen LogP contribution in [0.2, 0.25) is 0 Å². The van der Waals surface area contributed by atoms with Crippen molar-refractivity contribution in [2.24, 2.45) is 5.73 Å². The quantitative estimate of drug-likeness (QED) is 0.884. The summed E-state index contributed by atoms with van der Waals surface area (Å²) in [5.74, 6) is 0.195. The van der Waals surface area contributed by atoms with Crippen molar-refractivity contribution in [2.75, 3.05) is 6.54 Å². The summed E-state index contributed by atoms with van der Waals surface area (Å²) in [5.41, 5.74) is 7.16. The summed E-state index contributed by atoms with van der Waals surface area (Å²) >= 11 is 0. The van der Waals surface area contributed by atoms with Crippen LogP contribution < -0.4 is 5.73 Å². The average molecular weight is 261 g/mol. The van der Waals surface area contributed by atoms with Gasteiger partial charge in [0.1, 0.15) is 0 Å². The molecule has 2 heterocycles. The maximum atomic E-state index is 12.3. The van der Waals surface area contributed by atoms with Crippen molar-refractivity contribution in [3.8, 4) is 0 Å². The SMILES string of the molecule is CCCC(N)CC(=O)N1CCCC1c1ccncc1. The van der Waals surface area contributed by atoms with Crippen LogP contribution in [0.15, 0.2) is 24.5 Å². The Bertz CT molecular complexity index is 407. The van der Waals surface area contributed by atoms with E-state index in [9.17, 15) is 4.79 Å². The van der Waals surface area contributed by atoms with Gasteiger partial charge >= 0.3 is 0 Å². The first kappa shape index (κ1) is 14.0. The van der Waals surface area contributed by atoms with E-state index in [1.807, 2.05) is 17.0 Å². The van der Waals surface area contributed by atoms with Gasteiger partial charge in [-0.2, -0.15) is 0 Å². The molecule has 2 rings (SSSR count). The first-order valence-electron chi connectivity index (χ1n) is 7.17. The molecule has 1 aliphatic heterocycles. The number of likely N-dealkylation sites (tertiary alicyclic amines) is 1. The molecular weight excluding hydrogens is 238 g/mol. The second kappa shape index (κ2) is 6.66. The molecule has 0 aliphatic carbocycles. The fourth-order valence-electron chi connectivity index (χ4n) is 2.81. The molecule has 1 aromatic rings. The van der Waals surface area contributed by atoms with E-state index in [1.165, 1.54) is 5.56 Å². The molecule has 4 heteroatoms. The Kier molecular flexibility index (Phi) is 4.91. The topological polar surface area (TPSA) is 59.2 Å². The van der Waals surface area contributed by atoms with Crippen LogP contribution in [-0.2, 0) is 4.79 Å². The molecule has 1 aliphatic rings. The molecule has 0 radical (unpaired) electrons. The molecule has 0 aromatic carbocycles. The third-order valence-corrected chi connectivity index (χ3v) is 3.76. The normalized spacial score (nSPS) is 20.5. The highest BCUT2D eigenvalue weighted by Crippen LogP contribution is 2.32. The fourth-order valence-corrected chi connectivity index (χ4v) is 2.81. The van der Waals surface area contributed by atoms with Crippen LogP contribution in [0.3, 0.4) is 0 Å². The average Bonchev–Trinajstić information content (AvgIpc) is 2.89. The van der Waals surface area contributed by atoms with E-state index in [0.29, 0.717) is 6.42 Å². The van der Waals surface area contributed by atoms with Crippen LogP contribution in [0.1, 0.15) is 50.6 Å². The smallest absolute Gasteiger partial charge is 0.224 e. The molecule has 19 heavy (non-hydrogen) atoms. The summed E-state index contributed by atoms with van der Waals surface area (Å²) in [5, 5.41) is 0. The number of hydrogen-bond donors (Lipinski definition) is 1. The number of nitrogens with two attached hydrogens (primary N) is 1. The van der Waals surface area contributed by atoms with Crippen molar-refractivity contribution in [3.05, 3.63) is 30.1 Å². The van der Waals surface area contributed by atoms with Crippen molar-refractivity contribution in [1.82, 2.24) is 9.88 Å². The van der Waals surface area contributed by atoms with Crippen LogP contribution in [0.5, 0.6) is 0 Å². The molecule has 2 atom stereocenters. The predicted molar refractivity (Wildman–Crippen MR) is 75.4 cm³/mol. The van der Waals surface area contributed by atoms with E-state index in [1.54, 1.807) is 12.4 Å². The molecule has 1 fully saturated rings. The van der Waals surface area contributed by atoms with Gasteiger partial charge in [0.2, 0.25) is 5.91 Å². The van der Waals surface area contributed by atoms with Gasteiger partial charge in [0.25, 0.3) is 0 Å². The molecule has 2 unspecified atom stereocenters. The van der Waals surface area contributed by atoms with Crippen LogP contribution >= 0.6 is 0 Å². The van der Waals surface area contributed by atoms with Crippen molar-refractivity contribution in [3.63, 3.8) is 0 Å². The summed E-state index contributed by atoms with van der Waals surface area (Å²) in [4.78, 5) is 18.4. The van der Waals surface area contributed by atoms with Gasteiger partial charge in [-0.05, 0) is 37.0 Å². The Hall–Kier alpha value is -1.42. The van der Waals surface area contributed by atoms with Crippen LogP contribution in [-0.4, -0.2) is 28.4 Å². The Labute approximate surface area is 115 Å². The Morgan fingerprint density at radius 1 is 1.53 bits per heavy atom. The zero-order chi connectivity index (χ0) is 13.7. The largest absolute Gasteiger partial charge is 0.336 e. The van der Waals surface area contributed by atoms with Gasteiger partial charge in [-0.3, -0.25) is 9.78 Å². The molecule has 4 nitrogen and oxygen atoms in total. The zero-order valence-corrected chi connectivity index (χ0v) is 11.6. The van der Waals surface area contributed by atoms with Gasteiger partial charge in [-0.1, -0.05) is 13.3 Å². The summed E-state index contributed by atoms with van der Waals surface area (Å²) in [7, 11) is 0. The van der Waals surface area contributed by atoms with E-state index in [2.05, 4.69) is 11.9 Å². The molecule has 0 bridgehead atoms. The lowest BCUT2D eigenvalue weighted by atomic mass is 10.0. The van der Waals surface area contributed by atoms with Gasteiger partial charge in [-0.25, -0.2) is 0 Å². The number of carbonyl (C=O) groups is 1. The van der Waals surface area contributed by atoms with Gasteiger partial charge < -0.3 is 10.6 Å². The number of aromatic nitrogens is 1. The number of rotatable bonds is 5. The lowest BCUT2D eigenvalue weighted by Crippen LogP contribution is -2.35. The number of nitrogens with zero attached hydrogens (tertiary/aromatic N) is 2. The van der Waals surface area contributed by atoms with Crippen molar-refractivity contribution >= 4 is 5.91 Å². The van der Waals surface area contributed by atoms with Crippen LogP contribution in [0.4, 0.5) is 0 Å². The standard InChI is InChI=1S/C15H23N3O/c1-2-4-13(16)11-15(19)18-10-3-5-14(18)12-6-8-17-9-7-12/h6-9,13-14H,2-5,10-11,16H2,1H3. The molecule has 0 saturated carbocycles. The Morgan fingerprint density at radius 3 is 2.95 bits per heavy atom. The van der Waals surface area contributed by atoms with E-state index >= 15 is 0 Å². The van der Waals surface area contributed by atoms with Crippen molar-refractivity contribution in [2.45, 2.75) is 51.1 Å². The Balaban J connectivity index is 2.01. The molecule has 104 valence electrons. The van der Waals surface area contributed by atoms with E-state index in [-0.39, 0.29) is 18.0 Å². The monoisotopic (exact) mass is 261 g/mol. The van der Waals surface area contributed by atoms with E-state index in [4.69, 9.17) is 5.73 Å². The number of carbonyl (C=O) groups excluding carboxylic acids is 1. The highest BCUT2D eigenvalue weighted by atomic mass is 16.2. The molecular formula is C15H23N3O. The first-order chi connectivity index (χ1) is 9.22. The minimum absolute atomic E-state index is 0.00353. The predicted octanol–water partition coefficient (Wildman–Crippen LogP) is 2.26.